The molecule has 1 aromatic carbocycles. The summed E-state index contributed by atoms with van der Waals surface area (Å²) in [5.74, 6) is 2.06. The summed E-state index contributed by atoms with van der Waals surface area (Å²) in [7, 11) is 0. The summed E-state index contributed by atoms with van der Waals surface area (Å²) in [5, 5.41) is 0. The molecule has 1 aromatic rings. The van der Waals surface area contributed by atoms with Gasteiger partial charge >= 0.3 is 0 Å². The molecule has 0 amide bonds. The van der Waals surface area contributed by atoms with E-state index in [9.17, 15) is 4.79 Å². The van der Waals surface area contributed by atoms with Crippen molar-refractivity contribution in [3.8, 4) is 11.5 Å². The average Bonchev–Trinajstić information content (AvgIpc) is 2.76. The van der Waals surface area contributed by atoms with Gasteiger partial charge in [0, 0.05) is 12.5 Å². The lowest BCUT2D eigenvalue weighted by Gasteiger charge is -2.47. The number of ketones is 1. The maximum absolute atomic E-state index is 12.2. The summed E-state index contributed by atoms with van der Waals surface area (Å²) in [5.41, 5.74) is -0.196. The highest BCUT2D eigenvalue weighted by atomic mass is 16.5. The first-order chi connectivity index (χ1) is 10.2. The zero-order valence-electron chi connectivity index (χ0n) is 12.8. The minimum Gasteiger partial charge on any atom is -0.494 e. The van der Waals surface area contributed by atoms with Gasteiger partial charge in [0.2, 0.25) is 0 Å². The van der Waals surface area contributed by atoms with Crippen LogP contribution in [0.5, 0.6) is 11.5 Å². The maximum atomic E-state index is 12.2. The van der Waals surface area contributed by atoms with E-state index in [0.29, 0.717) is 18.8 Å². The number of carbonyl (C=O) groups is 1. The van der Waals surface area contributed by atoms with Crippen LogP contribution in [0.1, 0.15) is 51.9 Å². The monoisotopic (exact) mass is 288 g/mol. The molecule has 0 saturated heterocycles. The van der Waals surface area contributed by atoms with Gasteiger partial charge in [-0.15, -0.1) is 0 Å². The van der Waals surface area contributed by atoms with E-state index in [0.717, 1.165) is 37.2 Å². The molecule has 0 radical (unpaired) electrons. The van der Waals surface area contributed by atoms with Crippen LogP contribution in [0.3, 0.4) is 0 Å². The third-order valence-electron chi connectivity index (χ3n) is 4.93. The quantitative estimate of drug-likeness (QED) is 0.835. The van der Waals surface area contributed by atoms with E-state index in [1.165, 1.54) is 12.8 Å². The summed E-state index contributed by atoms with van der Waals surface area (Å²) in [6.45, 7) is 2.62. The SMILES string of the molecule is CCOc1cccc(OC2CC(=O)C23CCCCCC3)c1. The molecule has 114 valence electrons. The lowest BCUT2D eigenvalue weighted by atomic mass is 9.60. The van der Waals surface area contributed by atoms with Crippen LogP contribution < -0.4 is 9.47 Å². The second-order valence-corrected chi connectivity index (χ2v) is 6.21. The molecule has 21 heavy (non-hydrogen) atoms. The number of Topliss-reactive ketones (excluding diaryl/α,β-unsaturated/α-hetero) is 1. The maximum Gasteiger partial charge on any atom is 0.146 e. The molecule has 0 aromatic heterocycles. The molecule has 3 nitrogen and oxygen atoms in total. The van der Waals surface area contributed by atoms with Gasteiger partial charge in [0.05, 0.1) is 12.0 Å². The van der Waals surface area contributed by atoms with Gasteiger partial charge in [-0.2, -0.15) is 0 Å². The summed E-state index contributed by atoms with van der Waals surface area (Å²) in [6.07, 6.45) is 7.44. The third kappa shape index (κ3) is 2.78. The van der Waals surface area contributed by atoms with E-state index in [1.54, 1.807) is 0 Å². The van der Waals surface area contributed by atoms with Crippen LogP contribution in [0.15, 0.2) is 24.3 Å². The summed E-state index contributed by atoms with van der Waals surface area (Å²) < 4.78 is 11.7. The Kier molecular flexibility index (Phi) is 4.18. The Morgan fingerprint density at radius 3 is 2.52 bits per heavy atom. The van der Waals surface area contributed by atoms with Gasteiger partial charge in [0.25, 0.3) is 0 Å². The fourth-order valence-corrected chi connectivity index (χ4v) is 3.70. The number of ether oxygens (including phenoxy) is 2. The van der Waals surface area contributed by atoms with Crippen molar-refractivity contribution >= 4 is 5.78 Å². The van der Waals surface area contributed by atoms with Gasteiger partial charge in [-0.1, -0.05) is 31.7 Å². The molecule has 3 heteroatoms. The Labute approximate surface area is 126 Å². The molecule has 1 unspecified atom stereocenters. The molecule has 1 spiro atoms. The number of hydrogen-bond donors (Lipinski definition) is 0. The van der Waals surface area contributed by atoms with E-state index in [2.05, 4.69) is 0 Å². The topological polar surface area (TPSA) is 35.5 Å². The molecule has 2 fully saturated rings. The fraction of sp³-hybridized carbons (Fsp3) is 0.611. The molecule has 2 aliphatic rings. The van der Waals surface area contributed by atoms with Crippen molar-refractivity contribution in [2.45, 2.75) is 58.0 Å². The minimum absolute atomic E-state index is 0.0555. The van der Waals surface area contributed by atoms with Crippen LogP contribution in [0, 0.1) is 5.41 Å². The van der Waals surface area contributed by atoms with Crippen molar-refractivity contribution in [2.75, 3.05) is 6.61 Å². The van der Waals surface area contributed by atoms with Gasteiger partial charge in [-0.25, -0.2) is 0 Å². The molecule has 3 rings (SSSR count). The summed E-state index contributed by atoms with van der Waals surface area (Å²) in [6, 6.07) is 7.76. The van der Waals surface area contributed by atoms with Crippen molar-refractivity contribution < 1.29 is 14.3 Å². The molecule has 2 aliphatic carbocycles. The molecule has 2 saturated carbocycles. The minimum atomic E-state index is -0.196. The summed E-state index contributed by atoms with van der Waals surface area (Å²) >= 11 is 0. The zero-order valence-corrected chi connectivity index (χ0v) is 12.8. The highest BCUT2D eigenvalue weighted by Gasteiger charge is 2.55. The van der Waals surface area contributed by atoms with Crippen molar-refractivity contribution in [1.82, 2.24) is 0 Å². The standard InChI is InChI=1S/C18H24O3/c1-2-20-14-8-7-9-15(12-14)21-17-13-16(19)18(17)10-5-3-4-6-11-18/h7-9,12,17H,2-6,10-11,13H2,1H3. The van der Waals surface area contributed by atoms with E-state index in [1.807, 2.05) is 31.2 Å². The van der Waals surface area contributed by atoms with Crippen molar-refractivity contribution in [3.05, 3.63) is 24.3 Å². The molecule has 1 atom stereocenters. The van der Waals surface area contributed by atoms with Crippen LogP contribution in [0.25, 0.3) is 0 Å². The predicted molar refractivity (Wildman–Crippen MR) is 81.8 cm³/mol. The fourth-order valence-electron chi connectivity index (χ4n) is 3.70. The van der Waals surface area contributed by atoms with Crippen molar-refractivity contribution in [2.24, 2.45) is 5.41 Å². The Morgan fingerprint density at radius 1 is 1.14 bits per heavy atom. The van der Waals surface area contributed by atoms with Crippen LogP contribution in [0.2, 0.25) is 0 Å². The average molecular weight is 288 g/mol. The Balaban J connectivity index is 1.72. The normalized spacial score (nSPS) is 24.2. The molecular formula is C18H24O3. The highest BCUT2D eigenvalue weighted by Crippen LogP contribution is 2.49. The molecular weight excluding hydrogens is 264 g/mol. The second kappa shape index (κ2) is 6.08. The van der Waals surface area contributed by atoms with Gasteiger partial charge in [0.15, 0.2) is 0 Å². The first-order valence-corrected chi connectivity index (χ1v) is 8.17. The van der Waals surface area contributed by atoms with Gasteiger partial charge in [-0.05, 0) is 31.9 Å². The van der Waals surface area contributed by atoms with Crippen LogP contribution >= 0.6 is 0 Å². The smallest absolute Gasteiger partial charge is 0.146 e. The number of carbonyl (C=O) groups excluding carboxylic acids is 1. The first kappa shape index (κ1) is 14.4. The van der Waals surface area contributed by atoms with E-state index in [4.69, 9.17) is 9.47 Å². The lowest BCUT2D eigenvalue weighted by molar-refractivity contribution is -0.154. The van der Waals surface area contributed by atoms with Crippen LogP contribution in [-0.2, 0) is 4.79 Å². The molecule has 0 bridgehead atoms. The Hall–Kier alpha value is -1.51. The van der Waals surface area contributed by atoms with Gasteiger partial charge in [-0.3, -0.25) is 4.79 Å². The van der Waals surface area contributed by atoms with E-state index in [-0.39, 0.29) is 11.5 Å². The largest absolute Gasteiger partial charge is 0.494 e. The highest BCUT2D eigenvalue weighted by molar-refractivity contribution is 5.92. The predicted octanol–water partition coefficient (Wildman–Crippen LogP) is 4.15. The second-order valence-electron chi connectivity index (χ2n) is 6.21. The van der Waals surface area contributed by atoms with Crippen molar-refractivity contribution in [1.29, 1.82) is 0 Å². The molecule has 0 aliphatic heterocycles. The lowest BCUT2D eigenvalue weighted by Crippen LogP contribution is -2.56. The van der Waals surface area contributed by atoms with Crippen molar-refractivity contribution in [3.63, 3.8) is 0 Å². The number of benzene rings is 1. The number of hydrogen-bond acceptors (Lipinski definition) is 3. The van der Waals surface area contributed by atoms with Gasteiger partial charge in [0.1, 0.15) is 23.4 Å². The Morgan fingerprint density at radius 2 is 1.86 bits per heavy atom. The molecule has 0 N–H and O–H groups in total. The Bertz CT molecular complexity index is 501. The van der Waals surface area contributed by atoms with E-state index >= 15 is 0 Å². The summed E-state index contributed by atoms with van der Waals surface area (Å²) in [4.78, 5) is 12.2. The van der Waals surface area contributed by atoms with Crippen LogP contribution in [-0.4, -0.2) is 18.5 Å². The first-order valence-electron chi connectivity index (χ1n) is 8.17. The number of rotatable bonds is 4. The molecule has 0 heterocycles. The third-order valence-corrected chi connectivity index (χ3v) is 4.93. The zero-order chi connectivity index (χ0) is 14.7. The van der Waals surface area contributed by atoms with E-state index < -0.39 is 0 Å². The van der Waals surface area contributed by atoms with Gasteiger partial charge < -0.3 is 9.47 Å². The van der Waals surface area contributed by atoms with Crippen LogP contribution in [0.4, 0.5) is 0 Å².